The number of halogens is 16. The molecular weight excluding hydrogens is 424 g/mol. The summed E-state index contributed by atoms with van der Waals surface area (Å²) in [6, 6.07) is 0. The zero-order valence-electron chi connectivity index (χ0n) is 11.6. The van der Waals surface area contributed by atoms with Crippen LogP contribution in [0, 0.1) is 0 Å². The van der Waals surface area contributed by atoms with Gasteiger partial charge in [0, 0.05) is 18.2 Å². The summed E-state index contributed by atoms with van der Waals surface area (Å²) in [6.45, 7) is 0. The molecule has 0 amide bonds. The lowest BCUT2D eigenvalue weighted by Crippen LogP contribution is -2.20. The molecular formula is C10H6F16. The van der Waals surface area contributed by atoms with Crippen molar-refractivity contribution >= 4 is 0 Å². The molecule has 0 aromatic heterocycles. The second-order valence-electron chi connectivity index (χ2n) is 3.66. The monoisotopic (exact) mass is 430 g/mol. The zero-order chi connectivity index (χ0) is 22.0. The number of alkyl halides is 15. The maximum Gasteiger partial charge on any atom is 0.411 e. The Kier molecular flexibility index (Phi) is 11.8. The molecule has 0 aromatic rings. The van der Waals surface area contributed by atoms with Crippen LogP contribution in [0.1, 0.15) is 6.42 Å². The van der Waals surface area contributed by atoms with Gasteiger partial charge in [0.05, 0.1) is 6.33 Å². The van der Waals surface area contributed by atoms with Gasteiger partial charge in [0.25, 0.3) is 0 Å². The fourth-order valence-electron chi connectivity index (χ4n) is 0.488. The molecule has 0 aliphatic carbocycles. The Morgan fingerprint density at radius 3 is 0.692 bits per heavy atom. The molecule has 0 rings (SSSR count). The van der Waals surface area contributed by atoms with Crippen LogP contribution in [-0.2, 0) is 0 Å². The minimum atomic E-state index is -5.14. The van der Waals surface area contributed by atoms with Gasteiger partial charge in [-0.15, -0.1) is 0 Å². The van der Waals surface area contributed by atoms with Crippen molar-refractivity contribution in [2.24, 2.45) is 0 Å². The summed E-state index contributed by atoms with van der Waals surface area (Å²) in [7, 11) is 0. The van der Waals surface area contributed by atoms with Crippen molar-refractivity contribution in [2.45, 2.75) is 37.3 Å². The molecule has 16 heteroatoms. The Morgan fingerprint density at radius 2 is 0.654 bits per heavy atom. The SMILES string of the molecule is F/C=C\C(F)(F)F.FC(F)(F)/C=C/C(F)(F)F.FC(F)(F)CC(F)(F)F. The topological polar surface area (TPSA) is 0 Å². The van der Waals surface area contributed by atoms with Gasteiger partial charge in [-0.3, -0.25) is 0 Å². The molecule has 0 aliphatic heterocycles. The first-order chi connectivity index (χ1) is 11.0. The van der Waals surface area contributed by atoms with E-state index in [2.05, 4.69) is 0 Å². The summed E-state index contributed by atoms with van der Waals surface area (Å²) < 4.78 is 174. The molecule has 0 aliphatic rings. The van der Waals surface area contributed by atoms with Crippen LogP contribution < -0.4 is 0 Å². The number of hydrogen-bond acceptors (Lipinski definition) is 0. The number of hydrogen-bond donors (Lipinski definition) is 0. The molecule has 158 valence electrons. The smallest absolute Gasteiger partial charge is 0.216 e. The van der Waals surface area contributed by atoms with E-state index in [0.29, 0.717) is 0 Å². The van der Waals surface area contributed by atoms with Crippen molar-refractivity contribution in [1.82, 2.24) is 0 Å². The lowest BCUT2D eigenvalue weighted by atomic mass is 10.4. The highest BCUT2D eigenvalue weighted by Crippen LogP contribution is 2.31. The first-order valence-corrected chi connectivity index (χ1v) is 5.29. The summed E-state index contributed by atoms with van der Waals surface area (Å²) in [6.07, 6.45) is -30.0. The molecule has 0 nitrogen and oxygen atoms in total. The standard InChI is InChI=1S/C4H2F6.C3H2F6.C3H2F4/c5-3(6,7)1-2-4(8,9)10;4-2(5,6)1-3(7,8)9;4-2-1-3(5,6)7/h1-2H;1H2;1-2H/b2-1+;;2-1-. The second-order valence-corrected chi connectivity index (χ2v) is 3.66. The fourth-order valence-corrected chi connectivity index (χ4v) is 0.488. The largest absolute Gasteiger partial charge is 0.411 e. The molecule has 0 saturated heterocycles. The van der Waals surface area contributed by atoms with Gasteiger partial charge in [0.1, 0.15) is 6.42 Å². The van der Waals surface area contributed by atoms with Crippen LogP contribution in [0.2, 0.25) is 0 Å². The first-order valence-electron chi connectivity index (χ1n) is 5.29. The molecule has 0 radical (unpaired) electrons. The van der Waals surface area contributed by atoms with Crippen molar-refractivity contribution in [3.05, 3.63) is 24.6 Å². The maximum absolute atomic E-state index is 11.0. The molecule has 0 N–H and O–H groups in total. The second kappa shape index (κ2) is 10.5. The van der Waals surface area contributed by atoms with Crippen molar-refractivity contribution in [3.8, 4) is 0 Å². The molecule has 0 saturated carbocycles. The average Bonchev–Trinajstić information content (AvgIpc) is 2.19. The van der Waals surface area contributed by atoms with Gasteiger partial charge in [-0.25, -0.2) is 4.39 Å². The van der Waals surface area contributed by atoms with Crippen LogP contribution in [0.15, 0.2) is 24.6 Å². The van der Waals surface area contributed by atoms with Gasteiger partial charge >= 0.3 is 30.9 Å². The maximum atomic E-state index is 11.0. The normalized spacial score (nSPS) is 14.0. The van der Waals surface area contributed by atoms with E-state index in [-0.39, 0.29) is 0 Å². The molecule has 0 atom stereocenters. The van der Waals surface area contributed by atoms with Crippen LogP contribution in [-0.4, -0.2) is 30.9 Å². The summed E-state index contributed by atoms with van der Waals surface area (Å²) in [5, 5.41) is 0. The van der Waals surface area contributed by atoms with Crippen LogP contribution in [0.5, 0.6) is 0 Å². The highest BCUT2D eigenvalue weighted by molar-refractivity contribution is 4.93. The van der Waals surface area contributed by atoms with E-state index >= 15 is 0 Å². The quantitative estimate of drug-likeness (QED) is 0.282. The van der Waals surface area contributed by atoms with Gasteiger partial charge in [-0.2, -0.15) is 65.9 Å². The lowest BCUT2D eigenvalue weighted by Gasteiger charge is -2.08. The predicted molar refractivity (Wildman–Crippen MR) is 54.3 cm³/mol. The molecule has 0 heterocycles. The van der Waals surface area contributed by atoms with E-state index in [9.17, 15) is 70.2 Å². The van der Waals surface area contributed by atoms with Gasteiger partial charge in [-0.05, 0) is 0 Å². The molecule has 0 spiro atoms. The molecule has 0 aromatic carbocycles. The summed E-state index contributed by atoms with van der Waals surface area (Å²) in [5.41, 5.74) is 0. The van der Waals surface area contributed by atoms with Crippen LogP contribution in [0.4, 0.5) is 70.2 Å². The van der Waals surface area contributed by atoms with Gasteiger partial charge < -0.3 is 0 Å². The van der Waals surface area contributed by atoms with Gasteiger partial charge in [0.15, 0.2) is 0 Å². The number of rotatable bonds is 0. The summed E-state index contributed by atoms with van der Waals surface area (Å²) in [5.74, 6) is 0. The Bertz CT molecular complexity index is 381. The summed E-state index contributed by atoms with van der Waals surface area (Å²) in [4.78, 5) is 0. The minimum absolute atomic E-state index is 0.479. The third-order valence-electron chi connectivity index (χ3n) is 1.11. The van der Waals surface area contributed by atoms with Crippen molar-refractivity contribution in [3.63, 3.8) is 0 Å². The van der Waals surface area contributed by atoms with E-state index in [1.807, 2.05) is 0 Å². The Morgan fingerprint density at radius 1 is 0.423 bits per heavy atom. The third kappa shape index (κ3) is 43.2. The average molecular weight is 430 g/mol. The Balaban J connectivity index is -0.000000310. The minimum Gasteiger partial charge on any atom is -0.216 e. The van der Waals surface area contributed by atoms with E-state index in [1.165, 1.54) is 0 Å². The fraction of sp³-hybridized carbons (Fsp3) is 0.600. The van der Waals surface area contributed by atoms with E-state index < -0.39 is 61.9 Å². The lowest BCUT2D eigenvalue weighted by molar-refractivity contribution is -0.232. The molecule has 0 fully saturated rings. The molecule has 0 bridgehead atoms. The predicted octanol–water partition coefficient (Wildman–Crippen LogP) is 7.20. The van der Waals surface area contributed by atoms with E-state index in [4.69, 9.17) is 0 Å². The number of allylic oxidation sites excluding steroid dienone is 3. The van der Waals surface area contributed by atoms with Crippen molar-refractivity contribution in [2.75, 3.05) is 0 Å². The van der Waals surface area contributed by atoms with Crippen LogP contribution >= 0.6 is 0 Å². The van der Waals surface area contributed by atoms with Crippen molar-refractivity contribution < 1.29 is 70.2 Å². The Hall–Kier alpha value is -1.64. The zero-order valence-corrected chi connectivity index (χ0v) is 11.6. The highest BCUT2D eigenvalue weighted by Gasteiger charge is 2.43. The molecule has 0 unspecified atom stereocenters. The Labute approximate surface area is 133 Å². The van der Waals surface area contributed by atoms with E-state index in [1.54, 1.807) is 0 Å². The summed E-state index contributed by atoms with van der Waals surface area (Å²) >= 11 is 0. The van der Waals surface area contributed by atoms with Gasteiger partial charge in [-0.1, -0.05) is 0 Å². The van der Waals surface area contributed by atoms with Crippen molar-refractivity contribution in [1.29, 1.82) is 0 Å². The molecule has 26 heavy (non-hydrogen) atoms. The highest BCUT2D eigenvalue weighted by atomic mass is 19.4. The third-order valence-corrected chi connectivity index (χ3v) is 1.11. The van der Waals surface area contributed by atoms with Crippen LogP contribution in [0.3, 0.4) is 0 Å². The first kappa shape index (κ1) is 29.1. The van der Waals surface area contributed by atoms with E-state index in [0.717, 1.165) is 0 Å². The van der Waals surface area contributed by atoms with Crippen LogP contribution in [0.25, 0.3) is 0 Å². The van der Waals surface area contributed by atoms with Gasteiger partial charge in [0.2, 0.25) is 0 Å².